The van der Waals surface area contributed by atoms with Gasteiger partial charge in [-0.05, 0) is 42.3 Å². The number of halogens is 2. The van der Waals surface area contributed by atoms with Gasteiger partial charge in [0.15, 0.2) is 0 Å². The maximum atomic E-state index is 13.3. The number of aryl methyl sites for hydroxylation is 1. The van der Waals surface area contributed by atoms with Gasteiger partial charge in [-0.3, -0.25) is 0 Å². The lowest BCUT2D eigenvalue weighted by Gasteiger charge is -2.15. The fourth-order valence-corrected chi connectivity index (χ4v) is 2.34. The van der Waals surface area contributed by atoms with Crippen molar-refractivity contribution in [2.45, 2.75) is 13.0 Å². The molecule has 0 aliphatic carbocycles. The molecule has 2 aromatic rings. The maximum Gasteiger partial charge on any atom is 0.126 e. The van der Waals surface area contributed by atoms with Gasteiger partial charge in [0, 0.05) is 10.0 Å². The van der Waals surface area contributed by atoms with Gasteiger partial charge in [-0.25, -0.2) is 4.39 Å². The number of methoxy groups -OCH3 is 1. The molecule has 0 heterocycles. The Balaban J connectivity index is 2.42. The topological polar surface area (TPSA) is 29.5 Å². The minimum Gasteiger partial charge on any atom is -0.497 e. The van der Waals surface area contributed by atoms with Crippen molar-refractivity contribution in [1.82, 2.24) is 0 Å². The van der Waals surface area contributed by atoms with E-state index in [2.05, 4.69) is 15.9 Å². The molecule has 1 unspecified atom stereocenters. The predicted molar refractivity (Wildman–Crippen MR) is 75.9 cm³/mol. The number of hydrogen-bond acceptors (Lipinski definition) is 2. The Labute approximate surface area is 120 Å². The van der Waals surface area contributed by atoms with Crippen molar-refractivity contribution in [3.8, 4) is 5.75 Å². The smallest absolute Gasteiger partial charge is 0.126 e. The molecule has 2 aromatic carbocycles. The maximum absolute atomic E-state index is 13.3. The second-order valence-electron chi connectivity index (χ2n) is 4.30. The van der Waals surface area contributed by atoms with Crippen LogP contribution < -0.4 is 4.74 Å². The summed E-state index contributed by atoms with van der Waals surface area (Å²) in [5.41, 5.74) is 1.84. The zero-order chi connectivity index (χ0) is 14.0. The van der Waals surface area contributed by atoms with Crippen LogP contribution in [0.5, 0.6) is 5.75 Å². The van der Waals surface area contributed by atoms with Gasteiger partial charge in [0.1, 0.15) is 17.7 Å². The minimum atomic E-state index is -0.830. The van der Waals surface area contributed by atoms with Crippen LogP contribution in [-0.4, -0.2) is 12.2 Å². The van der Waals surface area contributed by atoms with Crippen LogP contribution in [0.1, 0.15) is 22.8 Å². The third-order valence-electron chi connectivity index (χ3n) is 3.00. The van der Waals surface area contributed by atoms with E-state index >= 15 is 0 Å². The molecule has 0 amide bonds. The van der Waals surface area contributed by atoms with Gasteiger partial charge >= 0.3 is 0 Å². The van der Waals surface area contributed by atoms with Gasteiger partial charge in [0.25, 0.3) is 0 Å². The van der Waals surface area contributed by atoms with Crippen LogP contribution >= 0.6 is 15.9 Å². The summed E-state index contributed by atoms with van der Waals surface area (Å²) in [6.45, 7) is 1.67. The molecular formula is C15H14BrFO2. The van der Waals surface area contributed by atoms with Gasteiger partial charge in [0.2, 0.25) is 0 Å². The second-order valence-corrected chi connectivity index (χ2v) is 5.15. The lowest BCUT2D eigenvalue weighted by atomic mass is 9.99. The molecule has 100 valence electrons. The molecule has 19 heavy (non-hydrogen) atoms. The molecule has 2 nitrogen and oxygen atoms in total. The van der Waals surface area contributed by atoms with Crippen LogP contribution in [-0.2, 0) is 0 Å². The summed E-state index contributed by atoms with van der Waals surface area (Å²) in [4.78, 5) is 0. The lowest BCUT2D eigenvalue weighted by Crippen LogP contribution is -2.02. The molecule has 0 saturated carbocycles. The molecule has 0 bridgehead atoms. The van der Waals surface area contributed by atoms with Gasteiger partial charge in [-0.2, -0.15) is 0 Å². The molecule has 0 aliphatic heterocycles. The van der Waals surface area contributed by atoms with E-state index < -0.39 is 6.10 Å². The molecule has 0 saturated heterocycles. The first kappa shape index (κ1) is 14.0. The highest BCUT2D eigenvalue weighted by Gasteiger charge is 2.15. The van der Waals surface area contributed by atoms with Crippen LogP contribution in [0.2, 0.25) is 0 Å². The molecular weight excluding hydrogens is 311 g/mol. The van der Waals surface area contributed by atoms with Crippen LogP contribution in [0.15, 0.2) is 40.9 Å². The Bertz CT molecular complexity index is 599. The molecule has 1 N–H and O–H groups in total. The zero-order valence-corrected chi connectivity index (χ0v) is 12.2. The van der Waals surface area contributed by atoms with Crippen molar-refractivity contribution in [1.29, 1.82) is 0 Å². The third kappa shape index (κ3) is 2.96. The number of rotatable bonds is 3. The highest BCUT2D eigenvalue weighted by atomic mass is 79.9. The molecule has 1 atom stereocenters. The standard InChI is InChI=1S/C15H14BrFO2/c1-9-7-10(3-6-14(9)17)15(18)12-8-11(19-2)4-5-13(12)16/h3-8,15,18H,1-2H3. The normalized spacial score (nSPS) is 12.3. The lowest BCUT2D eigenvalue weighted by molar-refractivity contribution is 0.219. The first-order valence-corrected chi connectivity index (χ1v) is 6.59. The van der Waals surface area contributed by atoms with E-state index in [1.807, 2.05) is 6.07 Å². The van der Waals surface area contributed by atoms with E-state index in [4.69, 9.17) is 4.74 Å². The summed E-state index contributed by atoms with van der Waals surface area (Å²) in [6.07, 6.45) is -0.830. The third-order valence-corrected chi connectivity index (χ3v) is 3.72. The summed E-state index contributed by atoms with van der Waals surface area (Å²) in [5, 5.41) is 10.4. The minimum absolute atomic E-state index is 0.277. The van der Waals surface area contributed by atoms with Gasteiger partial charge in [0.05, 0.1) is 7.11 Å². The summed E-state index contributed by atoms with van der Waals surface area (Å²) in [6, 6.07) is 9.96. The molecule has 0 radical (unpaired) electrons. The van der Waals surface area contributed by atoms with Crippen molar-refractivity contribution in [2.75, 3.05) is 7.11 Å². The zero-order valence-electron chi connectivity index (χ0n) is 10.7. The van der Waals surface area contributed by atoms with Crippen LogP contribution in [0.4, 0.5) is 4.39 Å². The van der Waals surface area contributed by atoms with Crippen LogP contribution in [0.25, 0.3) is 0 Å². The van der Waals surface area contributed by atoms with Crippen molar-refractivity contribution in [2.24, 2.45) is 0 Å². The van der Waals surface area contributed by atoms with Crippen molar-refractivity contribution < 1.29 is 14.2 Å². The molecule has 0 aliphatic rings. The highest BCUT2D eigenvalue weighted by molar-refractivity contribution is 9.10. The summed E-state index contributed by atoms with van der Waals surface area (Å²) in [7, 11) is 1.57. The van der Waals surface area contributed by atoms with E-state index in [9.17, 15) is 9.50 Å². The van der Waals surface area contributed by atoms with Crippen LogP contribution in [0, 0.1) is 12.7 Å². The number of ether oxygens (including phenoxy) is 1. The SMILES string of the molecule is COc1ccc(Br)c(C(O)c2ccc(F)c(C)c2)c1. The number of benzene rings is 2. The highest BCUT2D eigenvalue weighted by Crippen LogP contribution is 2.32. The Kier molecular flexibility index (Phi) is 4.22. The average Bonchev–Trinajstić information content (AvgIpc) is 2.41. The van der Waals surface area contributed by atoms with Crippen molar-refractivity contribution in [3.63, 3.8) is 0 Å². The molecule has 0 spiro atoms. The first-order valence-electron chi connectivity index (χ1n) is 5.80. The fraction of sp³-hybridized carbons (Fsp3) is 0.200. The van der Waals surface area contributed by atoms with E-state index in [1.54, 1.807) is 38.3 Å². The Morgan fingerprint density at radius 3 is 2.58 bits per heavy atom. The first-order chi connectivity index (χ1) is 9.02. The summed E-state index contributed by atoms with van der Waals surface area (Å²) >= 11 is 3.40. The Hall–Kier alpha value is -1.39. The predicted octanol–water partition coefficient (Wildman–Crippen LogP) is 3.99. The number of aliphatic hydroxyl groups is 1. The van der Waals surface area contributed by atoms with Crippen molar-refractivity contribution >= 4 is 15.9 Å². The van der Waals surface area contributed by atoms with E-state index in [-0.39, 0.29) is 5.82 Å². The monoisotopic (exact) mass is 324 g/mol. The summed E-state index contributed by atoms with van der Waals surface area (Å²) in [5.74, 6) is 0.386. The molecule has 0 fully saturated rings. The Morgan fingerprint density at radius 1 is 1.21 bits per heavy atom. The molecule has 0 aromatic heterocycles. The van der Waals surface area contributed by atoms with E-state index in [0.29, 0.717) is 22.4 Å². The van der Waals surface area contributed by atoms with Gasteiger partial charge in [-0.15, -0.1) is 0 Å². The number of aliphatic hydroxyl groups excluding tert-OH is 1. The molecule has 4 heteroatoms. The van der Waals surface area contributed by atoms with Crippen LogP contribution in [0.3, 0.4) is 0 Å². The Morgan fingerprint density at radius 2 is 1.95 bits per heavy atom. The van der Waals surface area contributed by atoms with Crippen molar-refractivity contribution in [3.05, 3.63) is 63.4 Å². The van der Waals surface area contributed by atoms with E-state index in [1.165, 1.54) is 6.07 Å². The van der Waals surface area contributed by atoms with Gasteiger partial charge < -0.3 is 9.84 Å². The number of hydrogen-bond donors (Lipinski definition) is 1. The van der Waals surface area contributed by atoms with Gasteiger partial charge in [-0.1, -0.05) is 28.1 Å². The molecule has 2 rings (SSSR count). The summed E-state index contributed by atoms with van der Waals surface area (Å²) < 4.78 is 19.2. The fourth-order valence-electron chi connectivity index (χ4n) is 1.88. The largest absolute Gasteiger partial charge is 0.497 e. The van der Waals surface area contributed by atoms with E-state index in [0.717, 1.165) is 4.47 Å². The average molecular weight is 325 g/mol. The second kappa shape index (κ2) is 5.72. The quantitative estimate of drug-likeness (QED) is 0.925.